The van der Waals surface area contributed by atoms with Gasteiger partial charge in [0.05, 0.1) is 18.4 Å². The van der Waals surface area contributed by atoms with Gasteiger partial charge in [-0.05, 0) is 39.2 Å². The normalized spacial score (nSPS) is 18.5. The summed E-state index contributed by atoms with van der Waals surface area (Å²) in [5.41, 5.74) is 1.60. The van der Waals surface area contributed by atoms with Crippen molar-refractivity contribution >= 4 is 17.7 Å². The molecule has 0 bridgehead atoms. The first-order valence-electron chi connectivity index (χ1n) is 7.50. The van der Waals surface area contributed by atoms with E-state index in [2.05, 4.69) is 4.98 Å². The van der Waals surface area contributed by atoms with Crippen LogP contribution in [0.1, 0.15) is 51.9 Å². The number of hydrogen-bond donors (Lipinski definition) is 1. The third-order valence-corrected chi connectivity index (χ3v) is 3.93. The van der Waals surface area contributed by atoms with Crippen molar-refractivity contribution < 1.29 is 28.6 Å². The number of aromatic amines is 1. The average molecular weight is 323 g/mol. The van der Waals surface area contributed by atoms with E-state index in [0.717, 1.165) is 6.42 Å². The molecule has 23 heavy (non-hydrogen) atoms. The molecule has 1 N–H and O–H groups in total. The van der Waals surface area contributed by atoms with E-state index in [1.54, 1.807) is 13.8 Å². The predicted octanol–water partition coefficient (Wildman–Crippen LogP) is 1.71. The van der Waals surface area contributed by atoms with Crippen LogP contribution >= 0.6 is 0 Å². The van der Waals surface area contributed by atoms with E-state index in [-0.39, 0.29) is 5.69 Å². The van der Waals surface area contributed by atoms with Gasteiger partial charge in [0.1, 0.15) is 0 Å². The minimum atomic E-state index is -0.964. The molecule has 7 nitrogen and oxygen atoms in total. The predicted molar refractivity (Wildman–Crippen MR) is 80.5 cm³/mol. The second-order valence-electron chi connectivity index (χ2n) is 5.56. The number of aromatic nitrogens is 1. The maximum atomic E-state index is 12.5. The van der Waals surface area contributed by atoms with E-state index in [4.69, 9.17) is 14.2 Å². The van der Waals surface area contributed by atoms with Crippen LogP contribution in [-0.2, 0) is 19.0 Å². The summed E-state index contributed by atoms with van der Waals surface area (Å²) in [6.45, 7) is 5.36. The molecule has 1 fully saturated rings. The maximum Gasteiger partial charge on any atom is 0.339 e. The fourth-order valence-corrected chi connectivity index (χ4v) is 2.68. The number of ether oxygens (including phenoxy) is 3. The second-order valence-corrected chi connectivity index (χ2v) is 5.56. The number of nitrogens with one attached hydrogen (secondary N) is 1. The van der Waals surface area contributed by atoms with Crippen molar-refractivity contribution in [2.45, 2.75) is 45.8 Å². The lowest BCUT2D eigenvalue weighted by Crippen LogP contribution is -2.31. The van der Waals surface area contributed by atoms with Gasteiger partial charge in [0, 0.05) is 12.3 Å². The van der Waals surface area contributed by atoms with Crippen molar-refractivity contribution in [1.29, 1.82) is 0 Å². The zero-order valence-electron chi connectivity index (χ0n) is 13.7. The highest BCUT2D eigenvalue weighted by atomic mass is 16.6. The molecule has 1 aromatic rings. The maximum absolute atomic E-state index is 12.5. The van der Waals surface area contributed by atoms with Crippen LogP contribution in [-0.4, -0.2) is 48.6 Å². The molecule has 0 radical (unpaired) electrons. The van der Waals surface area contributed by atoms with E-state index in [1.807, 2.05) is 0 Å². The van der Waals surface area contributed by atoms with Gasteiger partial charge in [-0.3, -0.25) is 4.79 Å². The Labute approximate surface area is 134 Å². The van der Waals surface area contributed by atoms with Gasteiger partial charge in [0.15, 0.2) is 12.2 Å². The van der Waals surface area contributed by atoms with Crippen LogP contribution in [0.5, 0.6) is 0 Å². The number of aryl methyl sites for hydroxylation is 1. The molecule has 0 spiro atoms. The van der Waals surface area contributed by atoms with E-state index in [0.29, 0.717) is 29.8 Å². The van der Waals surface area contributed by atoms with Crippen LogP contribution in [0.15, 0.2) is 0 Å². The second kappa shape index (κ2) is 6.95. The van der Waals surface area contributed by atoms with E-state index < -0.39 is 29.9 Å². The summed E-state index contributed by atoms with van der Waals surface area (Å²) >= 11 is 0. The highest BCUT2D eigenvalue weighted by Gasteiger charge is 2.31. The molecule has 1 aliphatic rings. The highest BCUT2D eigenvalue weighted by molar-refractivity contribution is 6.04. The minimum absolute atomic E-state index is 0.246. The lowest BCUT2D eigenvalue weighted by Gasteiger charge is -2.15. The van der Waals surface area contributed by atoms with Crippen LogP contribution < -0.4 is 0 Å². The van der Waals surface area contributed by atoms with Gasteiger partial charge in [0.2, 0.25) is 5.78 Å². The van der Waals surface area contributed by atoms with Crippen molar-refractivity contribution in [2.24, 2.45) is 0 Å². The summed E-state index contributed by atoms with van der Waals surface area (Å²) in [7, 11) is 1.28. The van der Waals surface area contributed by atoms with Crippen molar-refractivity contribution in [3.05, 3.63) is 22.5 Å². The molecule has 126 valence electrons. The van der Waals surface area contributed by atoms with E-state index >= 15 is 0 Å². The summed E-state index contributed by atoms with van der Waals surface area (Å²) in [5.74, 6) is -1.44. The van der Waals surface area contributed by atoms with Crippen molar-refractivity contribution in [2.75, 3.05) is 13.7 Å². The van der Waals surface area contributed by atoms with Crippen LogP contribution in [0, 0.1) is 13.8 Å². The molecule has 0 aromatic carbocycles. The van der Waals surface area contributed by atoms with Crippen molar-refractivity contribution in [3.8, 4) is 0 Å². The Bertz CT molecular complexity index is 627. The van der Waals surface area contributed by atoms with Gasteiger partial charge in [-0.2, -0.15) is 0 Å². The number of rotatable bonds is 5. The lowest BCUT2D eigenvalue weighted by atomic mass is 10.1. The molecular weight excluding hydrogens is 302 g/mol. The summed E-state index contributed by atoms with van der Waals surface area (Å²) in [5, 5.41) is 0. The smallest absolute Gasteiger partial charge is 0.339 e. The van der Waals surface area contributed by atoms with Crippen LogP contribution in [0.3, 0.4) is 0 Å². The Kier molecular flexibility index (Phi) is 5.20. The molecule has 2 rings (SSSR count). The van der Waals surface area contributed by atoms with Crippen molar-refractivity contribution in [3.63, 3.8) is 0 Å². The number of hydrogen-bond acceptors (Lipinski definition) is 6. The van der Waals surface area contributed by atoms with Gasteiger partial charge in [-0.1, -0.05) is 0 Å². The number of H-pyrrole nitrogens is 1. The van der Waals surface area contributed by atoms with Gasteiger partial charge >= 0.3 is 11.9 Å². The van der Waals surface area contributed by atoms with E-state index in [1.165, 1.54) is 14.0 Å². The molecule has 1 saturated heterocycles. The fraction of sp³-hybridized carbons (Fsp3) is 0.562. The number of Topliss-reactive ketones (excluding diaryl/α,β-unsaturated/α-hetero) is 1. The standard InChI is InChI=1S/C16H21NO6/c1-8-12(16(20)21-4)9(2)17-13(8)14(18)10(3)23-15(19)11-6-5-7-22-11/h10-11,17H,5-7H2,1-4H3/t10-,11+/m0/s1. The van der Waals surface area contributed by atoms with Gasteiger partial charge < -0.3 is 19.2 Å². The number of ketones is 1. The average Bonchev–Trinajstić information content (AvgIpc) is 3.14. The SMILES string of the molecule is COC(=O)c1c(C)[nH]c(C(=O)[C@H](C)OC(=O)[C@H]2CCCO2)c1C. The molecule has 0 amide bonds. The van der Waals surface area contributed by atoms with Crippen molar-refractivity contribution in [1.82, 2.24) is 4.98 Å². The molecule has 2 atom stereocenters. The monoisotopic (exact) mass is 323 g/mol. The summed E-state index contributed by atoms with van der Waals surface area (Å²) in [6, 6.07) is 0. The molecule has 0 aliphatic carbocycles. The number of methoxy groups -OCH3 is 1. The molecule has 1 aliphatic heterocycles. The fourth-order valence-electron chi connectivity index (χ4n) is 2.68. The van der Waals surface area contributed by atoms with Gasteiger partial charge in [0.25, 0.3) is 0 Å². The molecule has 2 heterocycles. The third-order valence-electron chi connectivity index (χ3n) is 3.93. The zero-order valence-corrected chi connectivity index (χ0v) is 13.7. The molecule has 1 aromatic heterocycles. The molecular formula is C16H21NO6. The quantitative estimate of drug-likeness (QED) is 0.655. The number of carbonyl (C=O) groups excluding carboxylic acids is 3. The zero-order chi connectivity index (χ0) is 17.1. The Balaban J connectivity index is 2.13. The van der Waals surface area contributed by atoms with Gasteiger partial charge in [-0.25, -0.2) is 9.59 Å². The summed E-state index contributed by atoms with van der Waals surface area (Å²) in [6.07, 6.45) is -0.150. The Hall–Kier alpha value is -2.15. The summed E-state index contributed by atoms with van der Waals surface area (Å²) < 4.78 is 15.1. The number of carbonyl (C=O) groups is 3. The Morgan fingerprint density at radius 2 is 2.00 bits per heavy atom. The van der Waals surface area contributed by atoms with Crippen LogP contribution in [0.25, 0.3) is 0 Å². The number of esters is 2. The summed E-state index contributed by atoms with van der Waals surface area (Å²) in [4.78, 5) is 39.0. The topological polar surface area (TPSA) is 94.7 Å². The highest BCUT2D eigenvalue weighted by Crippen LogP contribution is 2.21. The molecule has 0 unspecified atom stereocenters. The third kappa shape index (κ3) is 3.44. The Morgan fingerprint density at radius 3 is 2.57 bits per heavy atom. The first-order chi connectivity index (χ1) is 10.9. The van der Waals surface area contributed by atoms with E-state index in [9.17, 15) is 14.4 Å². The molecule has 7 heteroatoms. The van der Waals surface area contributed by atoms with Crippen LogP contribution in [0.4, 0.5) is 0 Å². The lowest BCUT2D eigenvalue weighted by molar-refractivity contribution is -0.156. The Morgan fingerprint density at radius 1 is 1.30 bits per heavy atom. The first-order valence-corrected chi connectivity index (χ1v) is 7.50. The minimum Gasteiger partial charge on any atom is -0.465 e. The first kappa shape index (κ1) is 17.2. The van der Waals surface area contributed by atoms with Crippen LogP contribution in [0.2, 0.25) is 0 Å². The largest absolute Gasteiger partial charge is 0.465 e. The molecule has 0 saturated carbocycles. The van der Waals surface area contributed by atoms with Gasteiger partial charge in [-0.15, -0.1) is 0 Å².